The molecule has 0 amide bonds. The van der Waals surface area contributed by atoms with E-state index in [4.69, 9.17) is 4.74 Å². The Bertz CT molecular complexity index is 534. The highest BCUT2D eigenvalue weighted by Crippen LogP contribution is 2.07. The SMILES string of the molecule is COC(=O)C(C)CN(C)Cc1cn2cccnc2n1. The number of esters is 1. The van der Waals surface area contributed by atoms with Gasteiger partial charge in [0.25, 0.3) is 0 Å². The second-order valence-corrected chi connectivity index (χ2v) is 4.68. The van der Waals surface area contributed by atoms with Gasteiger partial charge < -0.3 is 4.74 Å². The predicted octanol–water partition coefficient (Wildman–Crippen LogP) is 0.970. The minimum absolute atomic E-state index is 0.148. The summed E-state index contributed by atoms with van der Waals surface area (Å²) >= 11 is 0. The van der Waals surface area contributed by atoms with E-state index in [0.29, 0.717) is 18.9 Å². The fourth-order valence-corrected chi connectivity index (χ4v) is 2.04. The van der Waals surface area contributed by atoms with Crippen LogP contribution in [0.4, 0.5) is 0 Å². The number of aromatic nitrogens is 3. The summed E-state index contributed by atoms with van der Waals surface area (Å²) in [7, 11) is 3.36. The first-order valence-electron chi connectivity index (χ1n) is 6.15. The van der Waals surface area contributed by atoms with Gasteiger partial charge in [-0.1, -0.05) is 6.92 Å². The number of ether oxygens (including phenoxy) is 1. The largest absolute Gasteiger partial charge is 0.469 e. The van der Waals surface area contributed by atoms with Crippen molar-refractivity contribution in [2.24, 2.45) is 5.92 Å². The van der Waals surface area contributed by atoms with Crippen molar-refractivity contribution >= 4 is 11.7 Å². The molecule has 2 aromatic rings. The first kappa shape index (κ1) is 13.5. The van der Waals surface area contributed by atoms with E-state index in [9.17, 15) is 4.79 Å². The molecule has 0 aliphatic rings. The van der Waals surface area contributed by atoms with Crippen LogP contribution >= 0.6 is 0 Å². The molecule has 6 heteroatoms. The van der Waals surface area contributed by atoms with E-state index in [-0.39, 0.29) is 11.9 Å². The highest BCUT2D eigenvalue weighted by atomic mass is 16.5. The van der Waals surface area contributed by atoms with Crippen LogP contribution in [0.5, 0.6) is 0 Å². The lowest BCUT2D eigenvalue weighted by Crippen LogP contribution is -2.29. The summed E-state index contributed by atoms with van der Waals surface area (Å²) in [4.78, 5) is 22.0. The molecule has 2 aromatic heterocycles. The van der Waals surface area contributed by atoms with Crippen LogP contribution in [-0.4, -0.2) is 45.9 Å². The number of hydrogen-bond acceptors (Lipinski definition) is 5. The summed E-state index contributed by atoms with van der Waals surface area (Å²) in [5.74, 6) is 0.348. The molecule has 0 bridgehead atoms. The van der Waals surface area contributed by atoms with Gasteiger partial charge in [-0.25, -0.2) is 9.97 Å². The highest BCUT2D eigenvalue weighted by Gasteiger charge is 2.16. The van der Waals surface area contributed by atoms with E-state index >= 15 is 0 Å². The molecule has 0 aliphatic carbocycles. The number of rotatable bonds is 5. The average molecular weight is 262 g/mol. The molecule has 0 radical (unpaired) electrons. The van der Waals surface area contributed by atoms with Crippen LogP contribution in [0.1, 0.15) is 12.6 Å². The Morgan fingerprint density at radius 3 is 3.05 bits per heavy atom. The van der Waals surface area contributed by atoms with Crippen molar-refractivity contribution in [2.45, 2.75) is 13.5 Å². The van der Waals surface area contributed by atoms with Crippen molar-refractivity contribution in [2.75, 3.05) is 20.7 Å². The van der Waals surface area contributed by atoms with Crippen LogP contribution in [0.3, 0.4) is 0 Å². The average Bonchev–Trinajstić information content (AvgIpc) is 2.79. The molecular formula is C13H18N4O2. The zero-order valence-corrected chi connectivity index (χ0v) is 11.4. The van der Waals surface area contributed by atoms with Crippen molar-refractivity contribution in [3.63, 3.8) is 0 Å². The van der Waals surface area contributed by atoms with Gasteiger partial charge in [-0.2, -0.15) is 0 Å². The Balaban J connectivity index is 1.98. The zero-order chi connectivity index (χ0) is 13.8. The lowest BCUT2D eigenvalue weighted by Gasteiger charge is -2.18. The standard InChI is InChI=1S/C13H18N4O2/c1-10(12(18)19-3)7-16(2)8-11-9-17-6-4-5-14-13(17)15-11/h4-6,9-10H,7-8H2,1-3H3. The van der Waals surface area contributed by atoms with E-state index in [1.165, 1.54) is 7.11 Å². The van der Waals surface area contributed by atoms with Gasteiger partial charge >= 0.3 is 5.97 Å². The molecule has 0 saturated heterocycles. The third kappa shape index (κ3) is 3.29. The van der Waals surface area contributed by atoms with Crippen LogP contribution in [-0.2, 0) is 16.1 Å². The Morgan fingerprint density at radius 2 is 2.37 bits per heavy atom. The normalized spacial score (nSPS) is 12.8. The maximum atomic E-state index is 11.4. The molecule has 1 unspecified atom stereocenters. The molecule has 102 valence electrons. The summed E-state index contributed by atoms with van der Waals surface area (Å²) in [5, 5.41) is 0. The van der Waals surface area contributed by atoms with Crippen LogP contribution < -0.4 is 0 Å². The summed E-state index contributed by atoms with van der Waals surface area (Å²) < 4.78 is 6.60. The molecular weight excluding hydrogens is 244 g/mol. The summed E-state index contributed by atoms with van der Waals surface area (Å²) in [6.45, 7) is 3.16. The Kier molecular flexibility index (Phi) is 4.11. The molecule has 2 rings (SSSR count). The van der Waals surface area contributed by atoms with Gasteiger partial charge in [0.1, 0.15) is 0 Å². The molecule has 0 aromatic carbocycles. The number of hydrogen-bond donors (Lipinski definition) is 0. The number of fused-ring (bicyclic) bond motifs is 1. The van der Waals surface area contributed by atoms with E-state index in [1.54, 1.807) is 6.20 Å². The Morgan fingerprint density at radius 1 is 1.58 bits per heavy atom. The molecule has 6 nitrogen and oxygen atoms in total. The number of carbonyl (C=O) groups is 1. The Labute approximate surface area is 112 Å². The van der Waals surface area contributed by atoms with Crippen molar-refractivity contribution < 1.29 is 9.53 Å². The van der Waals surface area contributed by atoms with Crippen LogP contribution in [0.2, 0.25) is 0 Å². The van der Waals surface area contributed by atoms with Crippen LogP contribution in [0, 0.1) is 5.92 Å². The van der Waals surface area contributed by atoms with Gasteiger partial charge in [-0.3, -0.25) is 14.1 Å². The van der Waals surface area contributed by atoms with E-state index < -0.39 is 0 Å². The molecule has 2 heterocycles. The minimum atomic E-state index is -0.191. The van der Waals surface area contributed by atoms with Gasteiger partial charge in [0.2, 0.25) is 5.78 Å². The number of methoxy groups -OCH3 is 1. The van der Waals surface area contributed by atoms with Crippen LogP contribution in [0.25, 0.3) is 5.78 Å². The van der Waals surface area contributed by atoms with Crippen LogP contribution in [0.15, 0.2) is 24.7 Å². The zero-order valence-electron chi connectivity index (χ0n) is 11.4. The number of imidazole rings is 1. The highest BCUT2D eigenvalue weighted by molar-refractivity contribution is 5.72. The van der Waals surface area contributed by atoms with Gasteiger partial charge in [-0.05, 0) is 13.1 Å². The third-order valence-corrected chi connectivity index (χ3v) is 2.91. The minimum Gasteiger partial charge on any atom is -0.469 e. The second-order valence-electron chi connectivity index (χ2n) is 4.68. The number of carbonyl (C=O) groups excluding carboxylic acids is 1. The summed E-state index contributed by atoms with van der Waals surface area (Å²) in [6.07, 6.45) is 5.58. The van der Waals surface area contributed by atoms with Crippen molar-refractivity contribution in [1.82, 2.24) is 19.3 Å². The van der Waals surface area contributed by atoms with Gasteiger partial charge in [0.05, 0.1) is 18.7 Å². The topological polar surface area (TPSA) is 59.7 Å². The molecule has 19 heavy (non-hydrogen) atoms. The van der Waals surface area contributed by atoms with Crippen molar-refractivity contribution in [3.8, 4) is 0 Å². The van der Waals surface area contributed by atoms with Gasteiger partial charge in [0, 0.05) is 31.7 Å². The fourth-order valence-electron chi connectivity index (χ4n) is 2.04. The molecule has 0 spiro atoms. The molecule has 1 atom stereocenters. The second kappa shape index (κ2) is 5.79. The summed E-state index contributed by atoms with van der Waals surface area (Å²) in [6, 6.07) is 1.86. The molecule has 0 aliphatic heterocycles. The lowest BCUT2D eigenvalue weighted by molar-refractivity contribution is -0.145. The van der Waals surface area contributed by atoms with Crippen molar-refractivity contribution in [1.29, 1.82) is 0 Å². The maximum Gasteiger partial charge on any atom is 0.309 e. The van der Waals surface area contributed by atoms with Gasteiger partial charge in [0.15, 0.2) is 0 Å². The quantitative estimate of drug-likeness (QED) is 0.751. The summed E-state index contributed by atoms with van der Waals surface area (Å²) in [5.41, 5.74) is 0.929. The first-order chi connectivity index (χ1) is 9.10. The number of nitrogens with zero attached hydrogens (tertiary/aromatic N) is 4. The maximum absolute atomic E-state index is 11.4. The molecule has 0 N–H and O–H groups in total. The molecule has 0 saturated carbocycles. The van der Waals surface area contributed by atoms with E-state index in [1.807, 2.05) is 41.7 Å². The fraction of sp³-hybridized carbons (Fsp3) is 0.462. The monoisotopic (exact) mass is 262 g/mol. The van der Waals surface area contributed by atoms with E-state index in [0.717, 1.165) is 5.69 Å². The first-order valence-corrected chi connectivity index (χ1v) is 6.15. The Hall–Kier alpha value is -1.95. The smallest absolute Gasteiger partial charge is 0.309 e. The molecule has 0 fully saturated rings. The predicted molar refractivity (Wildman–Crippen MR) is 70.5 cm³/mol. The lowest BCUT2D eigenvalue weighted by atomic mass is 10.2. The van der Waals surface area contributed by atoms with Gasteiger partial charge in [-0.15, -0.1) is 0 Å². The van der Waals surface area contributed by atoms with Crippen molar-refractivity contribution in [3.05, 3.63) is 30.4 Å². The third-order valence-electron chi connectivity index (χ3n) is 2.91. The van der Waals surface area contributed by atoms with E-state index in [2.05, 4.69) is 9.97 Å².